The summed E-state index contributed by atoms with van der Waals surface area (Å²) < 4.78 is 11.9. The highest BCUT2D eigenvalue weighted by Gasteiger charge is 2.11. The molecule has 0 bridgehead atoms. The molecule has 1 aliphatic rings. The second kappa shape index (κ2) is 6.23. The molecule has 1 fully saturated rings. The first-order valence-corrected chi connectivity index (χ1v) is 6.53. The smallest absolute Gasteiger partial charge is 0.156 e. The van der Waals surface area contributed by atoms with Gasteiger partial charge in [-0.05, 0) is 28.1 Å². The van der Waals surface area contributed by atoms with Gasteiger partial charge in [0.05, 0.1) is 23.4 Å². The maximum absolute atomic E-state index is 5.85. The lowest BCUT2D eigenvalue weighted by Gasteiger charge is -2.26. The second-order valence-corrected chi connectivity index (χ2v) is 4.81. The number of nitrogens with two attached hydrogens (primary N) is 1. The predicted octanol–water partition coefficient (Wildman–Crippen LogP) is 1.74. The van der Waals surface area contributed by atoms with Crippen molar-refractivity contribution in [3.8, 4) is 5.75 Å². The Hall–Kier alpha value is -0.780. The van der Waals surface area contributed by atoms with E-state index in [0.29, 0.717) is 12.3 Å². The van der Waals surface area contributed by atoms with E-state index in [-0.39, 0.29) is 0 Å². The van der Waals surface area contributed by atoms with Crippen molar-refractivity contribution in [3.05, 3.63) is 22.7 Å². The molecule has 0 amide bonds. The van der Waals surface area contributed by atoms with Crippen molar-refractivity contribution >= 4 is 21.6 Å². The number of nitrogens with zero attached hydrogens (tertiary/aromatic N) is 1. The summed E-state index contributed by atoms with van der Waals surface area (Å²) in [5, 5.41) is 0. The summed E-state index contributed by atoms with van der Waals surface area (Å²) in [6, 6.07) is 5.67. The highest BCUT2D eigenvalue weighted by atomic mass is 79.9. The lowest BCUT2D eigenvalue weighted by Crippen LogP contribution is -2.38. The van der Waals surface area contributed by atoms with Crippen molar-refractivity contribution in [2.24, 2.45) is 0 Å². The van der Waals surface area contributed by atoms with Gasteiger partial charge in [-0.25, -0.2) is 0 Å². The van der Waals surface area contributed by atoms with Crippen LogP contribution in [0.15, 0.2) is 22.7 Å². The summed E-state index contributed by atoms with van der Waals surface area (Å²) in [6.07, 6.45) is 0. The molecule has 1 aromatic rings. The molecule has 2 N–H and O–H groups in total. The molecule has 0 spiro atoms. The number of rotatable bonds is 4. The van der Waals surface area contributed by atoms with Crippen LogP contribution in [0.1, 0.15) is 0 Å². The molecular weight excluding hydrogens is 284 g/mol. The average Bonchev–Trinajstić information content (AvgIpc) is 2.34. The normalized spacial score (nSPS) is 17.0. The van der Waals surface area contributed by atoms with Gasteiger partial charge < -0.3 is 15.2 Å². The van der Waals surface area contributed by atoms with Crippen LogP contribution >= 0.6 is 15.9 Å². The topological polar surface area (TPSA) is 47.7 Å². The van der Waals surface area contributed by atoms with Gasteiger partial charge in [-0.1, -0.05) is 6.07 Å². The van der Waals surface area contributed by atoms with E-state index in [1.807, 2.05) is 18.2 Å². The molecule has 2 rings (SSSR count). The van der Waals surface area contributed by atoms with E-state index < -0.39 is 0 Å². The Morgan fingerprint density at radius 2 is 2.12 bits per heavy atom. The molecule has 1 saturated heterocycles. The summed E-state index contributed by atoms with van der Waals surface area (Å²) in [6.45, 7) is 5.15. The number of halogens is 1. The van der Waals surface area contributed by atoms with Crippen LogP contribution in [0.25, 0.3) is 0 Å². The second-order valence-electron chi connectivity index (χ2n) is 3.96. The van der Waals surface area contributed by atoms with Crippen molar-refractivity contribution < 1.29 is 9.47 Å². The number of morpholine rings is 1. The van der Waals surface area contributed by atoms with Crippen LogP contribution in [0.3, 0.4) is 0 Å². The van der Waals surface area contributed by atoms with Crippen molar-refractivity contribution in [2.75, 3.05) is 45.2 Å². The molecule has 1 aromatic carbocycles. The lowest BCUT2D eigenvalue weighted by atomic mass is 10.3. The monoisotopic (exact) mass is 300 g/mol. The van der Waals surface area contributed by atoms with E-state index in [9.17, 15) is 0 Å². The van der Waals surface area contributed by atoms with Crippen molar-refractivity contribution in [1.29, 1.82) is 0 Å². The zero-order chi connectivity index (χ0) is 12.1. The molecule has 1 aliphatic heterocycles. The van der Waals surface area contributed by atoms with Gasteiger partial charge in [0, 0.05) is 19.6 Å². The third-order valence-electron chi connectivity index (χ3n) is 2.76. The third-order valence-corrected chi connectivity index (χ3v) is 3.38. The number of para-hydroxylation sites is 1. The molecule has 1 heterocycles. The van der Waals surface area contributed by atoms with Crippen molar-refractivity contribution in [3.63, 3.8) is 0 Å². The fraction of sp³-hybridized carbons (Fsp3) is 0.500. The standard InChI is InChI=1S/C12H17BrN2O2/c13-10-2-1-3-11(14)12(10)17-9-6-15-4-7-16-8-5-15/h1-3H,4-9,14H2. The molecule has 0 radical (unpaired) electrons. The summed E-state index contributed by atoms with van der Waals surface area (Å²) in [7, 11) is 0. The Bertz CT molecular complexity index is 347. The molecule has 5 heteroatoms. The number of benzene rings is 1. The Morgan fingerprint density at radius 3 is 2.82 bits per heavy atom. The molecule has 0 unspecified atom stereocenters. The lowest BCUT2D eigenvalue weighted by molar-refractivity contribution is 0.0322. The Morgan fingerprint density at radius 1 is 1.35 bits per heavy atom. The average molecular weight is 301 g/mol. The molecule has 94 valence electrons. The van der Waals surface area contributed by atoms with E-state index in [1.165, 1.54) is 0 Å². The fourth-order valence-corrected chi connectivity index (χ4v) is 2.28. The Balaban J connectivity index is 1.81. The molecule has 0 aliphatic carbocycles. The maximum Gasteiger partial charge on any atom is 0.156 e. The highest BCUT2D eigenvalue weighted by molar-refractivity contribution is 9.10. The van der Waals surface area contributed by atoms with Gasteiger partial charge in [0.2, 0.25) is 0 Å². The Kier molecular flexibility index (Phi) is 4.65. The number of nitrogen functional groups attached to an aromatic ring is 1. The predicted molar refractivity (Wildman–Crippen MR) is 71.3 cm³/mol. The largest absolute Gasteiger partial charge is 0.489 e. The molecule has 0 atom stereocenters. The maximum atomic E-state index is 5.85. The minimum Gasteiger partial charge on any atom is -0.489 e. The first-order valence-electron chi connectivity index (χ1n) is 5.74. The third kappa shape index (κ3) is 3.59. The van der Waals surface area contributed by atoms with Gasteiger partial charge in [-0.3, -0.25) is 4.90 Å². The van der Waals surface area contributed by atoms with Gasteiger partial charge in [0.25, 0.3) is 0 Å². The van der Waals surface area contributed by atoms with E-state index in [4.69, 9.17) is 15.2 Å². The fourth-order valence-electron chi connectivity index (χ4n) is 1.78. The van der Waals surface area contributed by atoms with E-state index in [2.05, 4.69) is 20.8 Å². The number of anilines is 1. The quantitative estimate of drug-likeness (QED) is 0.861. The Labute approximate surface area is 110 Å². The minimum absolute atomic E-state index is 0.646. The number of hydrogen-bond donors (Lipinski definition) is 1. The van der Waals surface area contributed by atoms with Crippen LogP contribution in [0.2, 0.25) is 0 Å². The van der Waals surface area contributed by atoms with Crippen LogP contribution in [0.5, 0.6) is 5.75 Å². The van der Waals surface area contributed by atoms with Crippen LogP contribution in [0, 0.1) is 0 Å². The first-order chi connectivity index (χ1) is 8.27. The number of hydrogen-bond acceptors (Lipinski definition) is 4. The SMILES string of the molecule is Nc1cccc(Br)c1OCCN1CCOCC1. The summed E-state index contributed by atoms with van der Waals surface area (Å²) >= 11 is 3.43. The molecule has 0 saturated carbocycles. The number of ether oxygens (including phenoxy) is 2. The van der Waals surface area contributed by atoms with Gasteiger partial charge in [-0.15, -0.1) is 0 Å². The van der Waals surface area contributed by atoms with Gasteiger partial charge in [-0.2, -0.15) is 0 Å². The van der Waals surface area contributed by atoms with Gasteiger partial charge >= 0.3 is 0 Å². The molecule has 17 heavy (non-hydrogen) atoms. The van der Waals surface area contributed by atoms with Gasteiger partial charge in [0.1, 0.15) is 6.61 Å². The van der Waals surface area contributed by atoms with Crippen LogP contribution in [0.4, 0.5) is 5.69 Å². The zero-order valence-electron chi connectivity index (χ0n) is 9.69. The van der Waals surface area contributed by atoms with Crippen molar-refractivity contribution in [1.82, 2.24) is 4.90 Å². The van der Waals surface area contributed by atoms with Crippen LogP contribution < -0.4 is 10.5 Å². The minimum atomic E-state index is 0.646. The van der Waals surface area contributed by atoms with Crippen molar-refractivity contribution in [2.45, 2.75) is 0 Å². The first kappa shape index (κ1) is 12.7. The molecular formula is C12H17BrN2O2. The molecule has 0 aromatic heterocycles. The van der Waals surface area contributed by atoms with E-state index >= 15 is 0 Å². The molecule has 4 nitrogen and oxygen atoms in total. The van der Waals surface area contributed by atoms with Gasteiger partial charge in [0.15, 0.2) is 5.75 Å². The van der Waals surface area contributed by atoms with E-state index in [1.54, 1.807) is 0 Å². The zero-order valence-corrected chi connectivity index (χ0v) is 11.3. The summed E-state index contributed by atoms with van der Waals surface area (Å²) in [5.41, 5.74) is 6.52. The van der Waals surface area contributed by atoms with Crippen LogP contribution in [-0.4, -0.2) is 44.4 Å². The van der Waals surface area contributed by atoms with E-state index in [0.717, 1.165) is 43.1 Å². The summed E-state index contributed by atoms with van der Waals surface area (Å²) in [4.78, 5) is 2.33. The van der Waals surface area contributed by atoms with Crippen LogP contribution in [-0.2, 0) is 4.74 Å². The highest BCUT2D eigenvalue weighted by Crippen LogP contribution is 2.30. The summed E-state index contributed by atoms with van der Waals surface area (Å²) in [5.74, 6) is 0.737.